The predicted octanol–water partition coefficient (Wildman–Crippen LogP) is 1.82. The van der Waals surface area contributed by atoms with Gasteiger partial charge in [-0.05, 0) is 18.6 Å². The van der Waals surface area contributed by atoms with Crippen molar-refractivity contribution in [3.63, 3.8) is 0 Å². The van der Waals surface area contributed by atoms with Crippen LogP contribution in [0.3, 0.4) is 0 Å². The average molecular weight is 233 g/mol. The van der Waals surface area contributed by atoms with Crippen LogP contribution >= 0.6 is 0 Å². The zero-order chi connectivity index (χ0) is 12.4. The summed E-state index contributed by atoms with van der Waals surface area (Å²) in [7, 11) is 3.93. The van der Waals surface area contributed by atoms with Gasteiger partial charge in [0.15, 0.2) is 5.65 Å². The first-order valence-electron chi connectivity index (χ1n) is 5.91. The SMILES string of the molecule is CCCC(N)c1nc2nc(N(C)C)ccc2[nH]1. The van der Waals surface area contributed by atoms with E-state index >= 15 is 0 Å². The van der Waals surface area contributed by atoms with Crippen LogP contribution in [0.25, 0.3) is 11.2 Å². The van der Waals surface area contributed by atoms with E-state index in [0.29, 0.717) is 0 Å². The number of hydrogen-bond acceptors (Lipinski definition) is 4. The summed E-state index contributed by atoms with van der Waals surface area (Å²) in [6, 6.07) is 3.93. The maximum Gasteiger partial charge on any atom is 0.179 e. The number of rotatable bonds is 4. The lowest BCUT2D eigenvalue weighted by molar-refractivity contribution is 0.610. The Kier molecular flexibility index (Phi) is 3.28. The number of fused-ring (bicyclic) bond motifs is 1. The number of anilines is 1. The Morgan fingerprint density at radius 2 is 2.12 bits per heavy atom. The van der Waals surface area contributed by atoms with E-state index in [1.54, 1.807) is 0 Å². The van der Waals surface area contributed by atoms with Crippen molar-refractivity contribution in [2.75, 3.05) is 19.0 Å². The number of aromatic amines is 1. The van der Waals surface area contributed by atoms with Gasteiger partial charge in [0.25, 0.3) is 0 Å². The third kappa shape index (κ3) is 2.39. The summed E-state index contributed by atoms with van der Waals surface area (Å²) in [6.07, 6.45) is 1.98. The maximum atomic E-state index is 6.04. The first-order chi connectivity index (χ1) is 8.11. The van der Waals surface area contributed by atoms with Gasteiger partial charge < -0.3 is 15.6 Å². The lowest BCUT2D eigenvalue weighted by atomic mass is 10.2. The van der Waals surface area contributed by atoms with Gasteiger partial charge in [0.2, 0.25) is 0 Å². The zero-order valence-electron chi connectivity index (χ0n) is 10.6. The molecule has 1 unspecified atom stereocenters. The molecule has 0 aliphatic rings. The van der Waals surface area contributed by atoms with Gasteiger partial charge in [0.1, 0.15) is 11.6 Å². The molecule has 0 spiro atoms. The smallest absolute Gasteiger partial charge is 0.179 e. The Morgan fingerprint density at radius 1 is 1.35 bits per heavy atom. The highest BCUT2D eigenvalue weighted by Crippen LogP contribution is 2.18. The largest absolute Gasteiger partial charge is 0.363 e. The second-order valence-electron chi connectivity index (χ2n) is 4.45. The van der Waals surface area contributed by atoms with Gasteiger partial charge in [-0.1, -0.05) is 13.3 Å². The first kappa shape index (κ1) is 11.9. The summed E-state index contributed by atoms with van der Waals surface area (Å²) < 4.78 is 0. The molecule has 0 aliphatic carbocycles. The van der Waals surface area contributed by atoms with Gasteiger partial charge in [0, 0.05) is 14.1 Å². The second kappa shape index (κ2) is 4.71. The Bertz CT molecular complexity index is 503. The molecule has 2 rings (SSSR count). The molecule has 2 aromatic heterocycles. The minimum Gasteiger partial charge on any atom is -0.363 e. The molecular weight excluding hydrogens is 214 g/mol. The Morgan fingerprint density at radius 3 is 2.76 bits per heavy atom. The first-order valence-corrected chi connectivity index (χ1v) is 5.91. The highest BCUT2D eigenvalue weighted by molar-refractivity contribution is 5.73. The molecule has 3 N–H and O–H groups in total. The Balaban J connectivity index is 2.36. The molecule has 0 radical (unpaired) electrons. The summed E-state index contributed by atoms with van der Waals surface area (Å²) >= 11 is 0. The molecular formula is C12H19N5. The van der Waals surface area contributed by atoms with Gasteiger partial charge in [-0.3, -0.25) is 0 Å². The molecule has 92 valence electrons. The monoisotopic (exact) mass is 233 g/mol. The third-order valence-corrected chi connectivity index (χ3v) is 2.76. The van der Waals surface area contributed by atoms with Crippen molar-refractivity contribution in [2.45, 2.75) is 25.8 Å². The van der Waals surface area contributed by atoms with Crippen LogP contribution in [0.2, 0.25) is 0 Å². The summed E-state index contributed by atoms with van der Waals surface area (Å²) in [4.78, 5) is 14.1. The lowest BCUT2D eigenvalue weighted by Crippen LogP contribution is -2.11. The summed E-state index contributed by atoms with van der Waals surface area (Å²) in [6.45, 7) is 2.12. The van der Waals surface area contributed by atoms with E-state index < -0.39 is 0 Å². The summed E-state index contributed by atoms with van der Waals surface area (Å²) in [5, 5.41) is 0. The second-order valence-corrected chi connectivity index (χ2v) is 4.45. The normalized spacial score (nSPS) is 12.9. The van der Waals surface area contributed by atoms with Gasteiger partial charge >= 0.3 is 0 Å². The number of imidazole rings is 1. The lowest BCUT2D eigenvalue weighted by Gasteiger charge is -2.09. The molecule has 0 amide bonds. The van der Waals surface area contributed by atoms with Crippen LogP contribution in [-0.4, -0.2) is 29.0 Å². The molecule has 0 fully saturated rings. The molecule has 5 nitrogen and oxygen atoms in total. The van der Waals surface area contributed by atoms with E-state index in [4.69, 9.17) is 5.73 Å². The molecule has 0 aromatic carbocycles. The Hall–Kier alpha value is -1.62. The summed E-state index contributed by atoms with van der Waals surface area (Å²) in [5.74, 6) is 1.73. The van der Waals surface area contributed by atoms with Crippen molar-refractivity contribution in [1.29, 1.82) is 0 Å². The van der Waals surface area contributed by atoms with Crippen molar-refractivity contribution in [3.8, 4) is 0 Å². The van der Waals surface area contributed by atoms with Crippen LogP contribution in [-0.2, 0) is 0 Å². The van der Waals surface area contributed by atoms with Crippen LogP contribution in [0.5, 0.6) is 0 Å². The van der Waals surface area contributed by atoms with E-state index in [2.05, 4.69) is 21.9 Å². The fourth-order valence-electron chi connectivity index (χ4n) is 1.77. The number of hydrogen-bond donors (Lipinski definition) is 2. The highest BCUT2D eigenvalue weighted by atomic mass is 15.2. The number of pyridine rings is 1. The van der Waals surface area contributed by atoms with E-state index in [0.717, 1.165) is 35.6 Å². The molecule has 0 saturated carbocycles. The quantitative estimate of drug-likeness (QED) is 0.845. The number of aromatic nitrogens is 3. The number of nitrogens with one attached hydrogen (secondary N) is 1. The predicted molar refractivity (Wildman–Crippen MR) is 70.1 cm³/mol. The molecule has 0 bridgehead atoms. The minimum absolute atomic E-state index is 0.0305. The molecule has 2 heterocycles. The summed E-state index contributed by atoms with van der Waals surface area (Å²) in [5.41, 5.74) is 7.71. The fraction of sp³-hybridized carbons (Fsp3) is 0.500. The number of H-pyrrole nitrogens is 1. The van der Waals surface area contributed by atoms with E-state index in [1.807, 2.05) is 31.1 Å². The molecule has 0 saturated heterocycles. The molecule has 2 aromatic rings. The fourth-order valence-corrected chi connectivity index (χ4v) is 1.77. The Labute approximate surface area is 101 Å². The van der Waals surface area contributed by atoms with Crippen LogP contribution in [0.15, 0.2) is 12.1 Å². The van der Waals surface area contributed by atoms with Crippen molar-refractivity contribution < 1.29 is 0 Å². The van der Waals surface area contributed by atoms with Gasteiger partial charge in [0.05, 0.1) is 11.6 Å². The van der Waals surface area contributed by atoms with Crippen molar-refractivity contribution in [3.05, 3.63) is 18.0 Å². The van der Waals surface area contributed by atoms with Gasteiger partial charge in [-0.15, -0.1) is 0 Å². The van der Waals surface area contributed by atoms with Crippen molar-refractivity contribution in [1.82, 2.24) is 15.0 Å². The van der Waals surface area contributed by atoms with Crippen molar-refractivity contribution >= 4 is 17.0 Å². The average Bonchev–Trinajstić information content (AvgIpc) is 2.71. The maximum absolute atomic E-state index is 6.04. The standard InChI is InChI=1S/C12H19N5/c1-4-5-8(13)11-14-9-6-7-10(17(2)3)15-12(9)16-11/h6-8H,4-5,13H2,1-3H3,(H,14,15,16). The van der Waals surface area contributed by atoms with Crippen LogP contribution in [0.4, 0.5) is 5.82 Å². The van der Waals surface area contributed by atoms with E-state index in [-0.39, 0.29) is 6.04 Å². The van der Waals surface area contributed by atoms with Gasteiger partial charge in [-0.2, -0.15) is 0 Å². The van der Waals surface area contributed by atoms with Gasteiger partial charge in [-0.25, -0.2) is 9.97 Å². The zero-order valence-corrected chi connectivity index (χ0v) is 10.6. The van der Waals surface area contributed by atoms with E-state index in [9.17, 15) is 0 Å². The number of nitrogens with zero attached hydrogens (tertiary/aromatic N) is 3. The van der Waals surface area contributed by atoms with Crippen LogP contribution in [0, 0.1) is 0 Å². The van der Waals surface area contributed by atoms with Crippen molar-refractivity contribution in [2.24, 2.45) is 5.73 Å². The highest BCUT2D eigenvalue weighted by Gasteiger charge is 2.11. The molecule has 0 aliphatic heterocycles. The van der Waals surface area contributed by atoms with Crippen LogP contribution in [0.1, 0.15) is 31.6 Å². The number of nitrogens with two attached hydrogens (primary N) is 1. The topological polar surface area (TPSA) is 70.8 Å². The molecule has 17 heavy (non-hydrogen) atoms. The minimum atomic E-state index is -0.0305. The van der Waals surface area contributed by atoms with E-state index in [1.165, 1.54) is 0 Å². The van der Waals surface area contributed by atoms with Crippen LogP contribution < -0.4 is 10.6 Å². The molecule has 5 heteroatoms. The third-order valence-electron chi connectivity index (χ3n) is 2.76. The molecule has 1 atom stereocenters.